The molecule has 1 aromatic carbocycles. The van der Waals surface area contributed by atoms with Gasteiger partial charge in [-0.05, 0) is 23.8 Å². The third kappa shape index (κ3) is 4.70. The normalized spacial score (nSPS) is 11.4. The molecule has 112 valence electrons. The minimum Gasteiger partial charge on any atom is -0.355 e. The summed E-state index contributed by atoms with van der Waals surface area (Å²) in [6, 6.07) is 10.1. The van der Waals surface area contributed by atoms with Crippen LogP contribution in [0.2, 0.25) is 0 Å². The van der Waals surface area contributed by atoms with Gasteiger partial charge in [0.2, 0.25) is 5.91 Å². The second-order valence-corrected chi connectivity index (χ2v) is 6.60. The lowest BCUT2D eigenvalue weighted by Gasteiger charge is -2.25. The lowest BCUT2D eigenvalue weighted by Crippen LogP contribution is -2.37. The van der Waals surface area contributed by atoms with E-state index >= 15 is 0 Å². The number of hydrogen-bond donors (Lipinski definition) is 1. The molecule has 0 fully saturated rings. The highest BCUT2D eigenvalue weighted by atomic mass is 79.9. The monoisotopic (exact) mass is 349 g/mol. The van der Waals surface area contributed by atoms with Gasteiger partial charge in [-0.3, -0.25) is 9.48 Å². The van der Waals surface area contributed by atoms with Gasteiger partial charge in [-0.2, -0.15) is 5.10 Å². The molecule has 0 radical (unpaired) electrons. The topological polar surface area (TPSA) is 46.9 Å². The van der Waals surface area contributed by atoms with Crippen LogP contribution >= 0.6 is 15.9 Å². The first-order chi connectivity index (χ1) is 9.97. The molecule has 0 aliphatic carbocycles. The largest absolute Gasteiger partial charge is 0.355 e. The summed E-state index contributed by atoms with van der Waals surface area (Å²) in [5.41, 5.74) is 1.11. The zero-order valence-electron chi connectivity index (χ0n) is 12.3. The number of halogens is 1. The van der Waals surface area contributed by atoms with Crippen molar-refractivity contribution < 1.29 is 4.79 Å². The number of aryl methyl sites for hydroxylation is 1. The number of benzene rings is 1. The second-order valence-electron chi connectivity index (χ2n) is 5.69. The minimum absolute atomic E-state index is 0.0516. The standard InChI is InChI=1S/C16H20BrN3O/c1-16(2,13-4-6-14(17)7-5-13)12-18-15(21)8-11-20-10-3-9-19-20/h3-7,9-10H,8,11-12H2,1-2H3,(H,18,21). The van der Waals surface area contributed by atoms with Gasteiger partial charge in [0.05, 0.1) is 0 Å². The first kappa shape index (κ1) is 15.8. The SMILES string of the molecule is CC(C)(CNC(=O)CCn1cccn1)c1ccc(Br)cc1. The predicted octanol–water partition coefficient (Wildman–Crippen LogP) is 3.13. The molecule has 5 heteroatoms. The quantitative estimate of drug-likeness (QED) is 0.870. The van der Waals surface area contributed by atoms with Crippen LogP contribution in [-0.2, 0) is 16.8 Å². The summed E-state index contributed by atoms with van der Waals surface area (Å²) in [6.07, 6.45) is 4.02. The van der Waals surface area contributed by atoms with E-state index in [0.717, 1.165) is 4.47 Å². The number of nitrogens with zero attached hydrogens (tertiary/aromatic N) is 2. The van der Waals surface area contributed by atoms with Crippen LogP contribution in [0.1, 0.15) is 25.8 Å². The van der Waals surface area contributed by atoms with Crippen LogP contribution < -0.4 is 5.32 Å². The summed E-state index contributed by atoms with van der Waals surface area (Å²) in [6.45, 7) is 5.48. The van der Waals surface area contributed by atoms with Crippen molar-refractivity contribution in [2.75, 3.05) is 6.54 Å². The van der Waals surface area contributed by atoms with Crippen LogP contribution in [0.25, 0.3) is 0 Å². The van der Waals surface area contributed by atoms with Crippen molar-refractivity contribution in [3.8, 4) is 0 Å². The average molecular weight is 350 g/mol. The number of hydrogen-bond acceptors (Lipinski definition) is 2. The van der Waals surface area contributed by atoms with Gasteiger partial charge >= 0.3 is 0 Å². The average Bonchev–Trinajstić information content (AvgIpc) is 2.97. The molecule has 1 N–H and O–H groups in total. The molecule has 4 nitrogen and oxygen atoms in total. The molecular weight excluding hydrogens is 330 g/mol. The van der Waals surface area contributed by atoms with Crippen LogP contribution in [-0.4, -0.2) is 22.2 Å². The number of carbonyl (C=O) groups excluding carboxylic acids is 1. The molecule has 0 atom stereocenters. The van der Waals surface area contributed by atoms with Crippen LogP contribution in [0, 0.1) is 0 Å². The first-order valence-electron chi connectivity index (χ1n) is 6.97. The fourth-order valence-electron chi connectivity index (χ4n) is 2.06. The van der Waals surface area contributed by atoms with Crippen molar-refractivity contribution in [3.05, 3.63) is 52.8 Å². The first-order valence-corrected chi connectivity index (χ1v) is 7.77. The lowest BCUT2D eigenvalue weighted by molar-refractivity contribution is -0.121. The molecule has 2 aromatic rings. The second kappa shape index (κ2) is 6.89. The highest BCUT2D eigenvalue weighted by Gasteiger charge is 2.21. The minimum atomic E-state index is -0.0952. The number of carbonyl (C=O) groups is 1. The maximum Gasteiger partial charge on any atom is 0.221 e. The summed E-state index contributed by atoms with van der Waals surface area (Å²) in [7, 11) is 0. The molecule has 0 aliphatic rings. The van der Waals surface area contributed by atoms with E-state index in [0.29, 0.717) is 19.5 Å². The molecule has 0 spiro atoms. The number of amides is 1. The van der Waals surface area contributed by atoms with Gasteiger partial charge in [0.25, 0.3) is 0 Å². The molecular formula is C16H20BrN3O. The number of rotatable bonds is 6. The van der Waals surface area contributed by atoms with Crippen molar-refractivity contribution in [3.63, 3.8) is 0 Å². The highest BCUT2D eigenvalue weighted by molar-refractivity contribution is 9.10. The van der Waals surface area contributed by atoms with Crippen LogP contribution in [0.4, 0.5) is 0 Å². The van der Waals surface area contributed by atoms with E-state index in [4.69, 9.17) is 0 Å². The Morgan fingerprint density at radius 3 is 2.67 bits per heavy atom. The third-order valence-corrected chi connectivity index (χ3v) is 4.01. The van der Waals surface area contributed by atoms with E-state index < -0.39 is 0 Å². The van der Waals surface area contributed by atoms with E-state index in [9.17, 15) is 4.79 Å². The summed E-state index contributed by atoms with van der Waals surface area (Å²) in [4.78, 5) is 11.9. The summed E-state index contributed by atoms with van der Waals surface area (Å²) < 4.78 is 2.82. The molecule has 0 unspecified atom stereocenters. The Hall–Kier alpha value is -1.62. The Kier molecular flexibility index (Phi) is 5.17. The van der Waals surface area contributed by atoms with Gasteiger partial charge in [0.1, 0.15) is 0 Å². The summed E-state index contributed by atoms with van der Waals surface area (Å²) in [5, 5.41) is 7.09. The van der Waals surface area contributed by atoms with Gasteiger partial charge in [0.15, 0.2) is 0 Å². The van der Waals surface area contributed by atoms with Crippen molar-refractivity contribution in [2.45, 2.75) is 32.2 Å². The molecule has 0 saturated heterocycles. The van der Waals surface area contributed by atoms with E-state index in [-0.39, 0.29) is 11.3 Å². The maximum absolute atomic E-state index is 11.9. The Labute approximate surface area is 133 Å². The summed E-state index contributed by atoms with van der Waals surface area (Å²) >= 11 is 3.44. The highest BCUT2D eigenvalue weighted by Crippen LogP contribution is 2.24. The summed E-state index contributed by atoms with van der Waals surface area (Å²) in [5.74, 6) is 0.0516. The van der Waals surface area contributed by atoms with Crippen molar-refractivity contribution in [1.82, 2.24) is 15.1 Å². The molecule has 0 aliphatic heterocycles. The van der Waals surface area contributed by atoms with E-state index in [1.165, 1.54) is 5.56 Å². The maximum atomic E-state index is 11.9. The Morgan fingerprint density at radius 2 is 2.05 bits per heavy atom. The number of aromatic nitrogens is 2. The van der Waals surface area contributed by atoms with E-state index in [2.05, 4.69) is 52.3 Å². The van der Waals surface area contributed by atoms with Gasteiger partial charge in [-0.15, -0.1) is 0 Å². The van der Waals surface area contributed by atoms with E-state index in [1.807, 2.05) is 24.4 Å². The molecule has 0 saturated carbocycles. The van der Waals surface area contributed by atoms with Crippen molar-refractivity contribution in [1.29, 1.82) is 0 Å². The lowest BCUT2D eigenvalue weighted by atomic mass is 9.84. The zero-order valence-corrected chi connectivity index (χ0v) is 13.9. The van der Waals surface area contributed by atoms with Gasteiger partial charge in [0, 0.05) is 41.8 Å². The predicted molar refractivity (Wildman–Crippen MR) is 87.0 cm³/mol. The van der Waals surface area contributed by atoms with Crippen molar-refractivity contribution in [2.24, 2.45) is 0 Å². The Morgan fingerprint density at radius 1 is 1.33 bits per heavy atom. The fraction of sp³-hybridized carbons (Fsp3) is 0.375. The van der Waals surface area contributed by atoms with Gasteiger partial charge in [-0.25, -0.2) is 0 Å². The third-order valence-electron chi connectivity index (χ3n) is 3.48. The smallest absolute Gasteiger partial charge is 0.221 e. The fourth-order valence-corrected chi connectivity index (χ4v) is 2.32. The molecule has 1 amide bonds. The number of nitrogens with one attached hydrogen (secondary N) is 1. The van der Waals surface area contributed by atoms with Crippen LogP contribution in [0.15, 0.2) is 47.2 Å². The van der Waals surface area contributed by atoms with Crippen LogP contribution in [0.5, 0.6) is 0 Å². The molecule has 21 heavy (non-hydrogen) atoms. The van der Waals surface area contributed by atoms with Crippen molar-refractivity contribution >= 4 is 21.8 Å². The molecule has 1 heterocycles. The molecule has 2 rings (SSSR count). The van der Waals surface area contributed by atoms with E-state index in [1.54, 1.807) is 10.9 Å². The van der Waals surface area contributed by atoms with Crippen LogP contribution in [0.3, 0.4) is 0 Å². The van der Waals surface area contributed by atoms with Gasteiger partial charge < -0.3 is 5.32 Å². The Bertz CT molecular complexity index is 576. The van der Waals surface area contributed by atoms with Gasteiger partial charge in [-0.1, -0.05) is 41.9 Å². The Balaban J connectivity index is 1.83. The molecule has 1 aromatic heterocycles. The molecule has 0 bridgehead atoms. The zero-order chi connectivity index (χ0) is 15.3.